The molecule has 0 aliphatic heterocycles. The quantitative estimate of drug-likeness (QED) is 0.717. The molecule has 0 bridgehead atoms. The predicted molar refractivity (Wildman–Crippen MR) is 39.0 cm³/mol. The average Bonchev–Trinajstić information content (AvgIpc) is 2.30. The molecule has 3 nitrogen and oxygen atoms in total. The lowest BCUT2D eigenvalue weighted by molar-refractivity contribution is -0.142. The summed E-state index contributed by atoms with van der Waals surface area (Å²) >= 11 is 0. The second-order valence-corrected chi connectivity index (χ2v) is 2.62. The summed E-state index contributed by atoms with van der Waals surface area (Å²) in [5.41, 5.74) is -0.755. The largest absolute Gasteiger partial charge is 0.435 e. The van der Waals surface area contributed by atoms with Gasteiger partial charge in [0.2, 0.25) is 0 Å². The van der Waals surface area contributed by atoms with Crippen LogP contribution in [-0.2, 0) is 17.6 Å². The summed E-state index contributed by atoms with van der Waals surface area (Å²) in [7, 11) is 1.39. The maximum atomic E-state index is 12.2. The minimum Gasteiger partial charge on any atom is -0.362 e. The van der Waals surface area contributed by atoms with Crippen LogP contribution in [0.5, 0.6) is 0 Å². The van der Waals surface area contributed by atoms with Gasteiger partial charge in [0.05, 0.1) is 0 Å². The van der Waals surface area contributed by atoms with Crippen LogP contribution >= 0.6 is 0 Å². The molecule has 1 heterocycles. The molecule has 0 saturated heterocycles. The Labute approximate surface area is 73.1 Å². The summed E-state index contributed by atoms with van der Waals surface area (Å²) in [5.74, 6) is 0. The predicted octanol–water partition coefficient (Wildman–Crippen LogP) is 1.81. The first-order valence-corrected chi connectivity index (χ1v) is 3.55. The summed E-state index contributed by atoms with van der Waals surface area (Å²) in [6, 6.07) is 0. The Morgan fingerprint density at radius 3 is 2.54 bits per heavy atom. The molecule has 0 atom stereocenters. The number of alkyl halides is 3. The van der Waals surface area contributed by atoms with Crippen LogP contribution in [0.15, 0.2) is 6.20 Å². The zero-order chi connectivity index (χ0) is 10.1. The molecule has 74 valence electrons. The molecular formula is C7H9F3N2O. The molecule has 1 aromatic heterocycles. The van der Waals surface area contributed by atoms with Crippen LogP contribution in [0.2, 0.25) is 0 Å². The highest BCUT2D eigenvalue weighted by molar-refractivity contribution is 5.17. The Bertz CT molecular complexity index is 292. The molecule has 0 spiro atoms. The summed E-state index contributed by atoms with van der Waals surface area (Å²) in [6.07, 6.45) is -3.09. The number of methoxy groups -OCH3 is 1. The number of nitrogens with zero attached hydrogens (tertiary/aromatic N) is 2. The van der Waals surface area contributed by atoms with Crippen molar-refractivity contribution in [1.29, 1.82) is 0 Å². The van der Waals surface area contributed by atoms with Gasteiger partial charge in [-0.2, -0.15) is 18.3 Å². The zero-order valence-electron chi connectivity index (χ0n) is 7.22. The van der Waals surface area contributed by atoms with Crippen molar-refractivity contribution in [2.45, 2.75) is 19.8 Å². The molecule has 1 rings (SSSR count). The first-order chi connectivity index (χ1) is 5.95. The molecule has 13 heavy (non-hydrogen) atoms. The van der Waals surface area contributed by atoms with Crippen LogP contribution in [0, 0.1) is 6.92 Å². The van der Waals surface area contributed by atoms with E-state index in [4.69, 9.17) is 0 Å². The smallest absolute Gasteiger partial charge is 0.362 e. The number of aromatic nitrogens is 2. The SMILES string of the molecule is COCn1cc(C)c(C(F)(F)F)n1. The maximum Gasteiger partial charge on any atom is 0.435 e. The summed E-state index contributed by atoms with van der Waals surface area (Å²) in [5, 5.41) is 3.34. The van der Waals surface area contributed by atoms with E-state index in [1.807, 2.05) is 0 Å². The van der Waals surface area contributed by atoms with Crippen molar-refractivity contribution in [3.8, 4) is 0 Å². The van der Waals surface area contributed by atoms with Crippen molar-refractivity contribution in [2.75, 3.05) is 7.11 Å². The third kappa shape index (κ3) is 2.21. The molecule has 1 aromatic rings. The molecule has 0 unspecified atom stereocenters. The highest BCUT2D eigenvalue weighted by Crippen LogP contribution is 2.29. The fraction of sp³-hybridized carbons (Fsp3) is 0.571. The van der Waals surface area contributed by atoms with Gasteiger partial charge in [-0.3, -0.25) is 0 Å². The third-order valence-electron chi connectivity index (χ3n) is 1.47. The Balaban J connectivity index is 2.96. The molecule has 0 saturated carbocycles. The molecular weight excluding hydrogens is 185 g/mol. The fourth-order valence-corrected chi connectivity index (χ4v) is 1.000. The molecule has 6 heteroatoms. The van der Waals surface area contributed by atoms with E-state index in [-0.39, 0.29) is 12.3 Å². The highest BCUT2D eigenvalue weighted by atomic mass is 19.4. The van der Waals surface area contributed by atoms with Gasteiger partial charge in [0.25, 0.3) is 0 Å². The summed E-state index contributed by atoms with van der Waals surface area (Å²) in [4.78, 5) is 0. The maximum absolute atomic E-state index is 12.2. The number of ether oxygens (including phenoxy) is 1. The second-order valence-electron chi connectivity index (χ2n) is 2.62. The van der Waals surface area contributed by atoms with E-state index in [9.17, 15) is 13.2 Å². The van der Waals surface area contributed by atoms with Crippen molar-refractivity contribution >= 4 is 0 Å². The van der Waals surface area contributed by atoms with Crippen molar-refractivity contribution < 1.29 is 17.9 Å². The van der Waals surface area contributed by atoms with E-state index in [1.54, 1.807) is 0 Å². The summed E-state index contributed by atoms with van der Waals surface area (Å²) < 4.78 is 42.3. The van der Waals surface area contributed by atoms with Crippen LogP contribution < -0.4 is 0 Å². The van der Waals surface area contributed by atoms with Crippen molar-refractivity contribution in [2.24, 2.45) is 0 Å². The second kappa shape index (κ2) is 3.37. The molecule has 0 aromatic carbocycles. The van der Waals surface area contributed by atoms with Gasteiger partial charge in [0.1, 0.15) is 6.73 Å². The molecule has 0 N–H and O–H groups in total. The Morgan fingerprint density at radius 1 is 1.54 bits per heavy atom. The molecule has 0 aliphatic rings. The Morgan fingerprint density at radius 2 is 2.15 bits per heavy atom. The number of rotatable bonds is 2. The van der Waals surface area contributed by atoms with Crippen LogP contribution in [0.1, 0.15) is 11.3 Å². The van der Waals surface area contributed by atoms with Gasteiger partial charge in [0.15, 0.2) is 5.69 Å². The van der Waals surface area contributed by atoms with Crippen LogP contribution in [0.3, 0.4) is 0 Å². The van der Waals surface area contributed by atoms with E-state index in [0.29, 0.717) is 0 Å². The Kier molecular flexibility index (Phi) is 2.60. The fourth-order valence-electron chi connectivity index (χ4n) is 1.000. The van der Waals surface area contributed by atoms with E-state index in [2.05, 4.69) is 9.84 Å². The number of hydrogen-bond acceptors (Lipinski definition) is 2. The lowest BCUT2D eigenvalue weighted by Crippen LogP contribution is -2.09. The van der Waals surface area contributed by atoms with Gasteiger partial charge in [-0.25, -0.2) is 4.68 Å². The zero-order valence-corrected chi connectivity index (χ0v) is 7.22. The monoisotopic (exact) mass is 194 g/mol. The lowest BCUT2D eigenvalue weighted by atomic mass is 10.3. The summed E-state index contributed by atoms with van der Waals surface area (Å²) in [6.45, 7) is 1.39. The van der Waals surface area contributed by atoms with E-state index in [0.717, 1.165) is 4.68 Å². The Hall–Kier alpha value is -1.04. The van der Waals surface area contributed by atoms with Gasteiger partial charge in [0, 0.05) is 13.3 Å². The topological polar surface area (TPSA) is 27.1 Å². The van der Waals surface area contributed by atoms with E-state index >= 15 is 0 Å². The third-order valence-corrected chi connectivity index (χ3v) is 1.47. The highest BCUT2D eigenvalue weighted by Gasteiger charge is 2.35. The van der Waals surface area contributed by atoms with Crippen LogP contribution in [0.4, 0.5) is 13.2 Å². The van der Waals surface area contributed by atoms with Gasteiger partial charge >= 0.3 is 6.18 Å². The molecule has 0 aliphatic carbocycles. The van der Waals surface area contributed by atoms with Crippen molar-refractivity contribution in [1.82, 2.24) is 9.78 Å². The number of aryl methyl sites for hydroxylation is 1. The lowest BCUT2D eigenvalue weighted by Gasteiger charge is -2.02. The van der Waals surface area contributed by atoms with Gasteiger partial charge in [-0.05, 0) is 12.5 Å². The van der Waals surface area contributed by atoms with E-state index in [1.165, 1.54) is 20.2 Å². The minimum absolute atomic E-state index is 0.0247. The first-order valence-electron chi connectivity index (χ1n) is 3.55. The molecule has 0 radical (unpaired) electrons. The minimum atomic E-state index is -4.39. The average molecular weight is 194 g/mol. The van der Waals surface area contributed by atoms with Crippen LogP contribution in [0.25, 0.3) is 0 Å². The van der Waals surface area contributed by atoms with E-state index < -0.39 is 11.9 Å². The first kappa shape index (κ1) is 10.0. The van der Waals surface area contributed by atoms with Crippen molar-refractivity contribution in [3.63, 3.8) is 0 Å². The van der Waals surface area contributed by atoms with Gasteiger partial charge < -0.3 is 4.74 Å². The number of halogens is 3. The normalized spacial score (nSPS) is 12.1. The standard InChI is InChI=1S/C7H9F3N2O/c1-5-3-12(4-13-2)11-6(5)7(8,9)10/h3H,4H2,1-2H3. The van der Waals surface area contributed by atoms with Gasteiger partial charge in [-0.1, -0.05) is 0 Å². The number of hydrogen-bond donors (Lipinski definition) is 0. The van der Waals surface area contributed by atoms with Crippen molar-refractivity contribution in [3.05, 3.63) is 17.5 Å². The molecule has 0 amide bonds. The molecule has 0 fully saturated rings. The van der Waals surface area contributed by atoms with Gasteiger partial charge in [-0.15, -0.1) is 0 Å². The van der Waals surface area contributed by atoms with Crippen LogP contribution in [-0.4, -0.2) is 16.9 Å².